The van der Waals surface area contributed by atoms with E-state index in [2.05, 4.69) is 10.1 Å². The second kappa shape index (κ2) is 7.31. The summed E-state index contributed by atoms with van der Waals surface area (Å²) in [6.07, 6.45) is 2.74. The first-order valence-electron chi connectivity index (χ1n) is 6.62. The predicted octanol–water partition coefficient (Wildman–Crippen LogP) is 3.40. The zero-order valence-corrected chi connectivity index (χ0v) is 12.2. The van der Waals surface area contributed by atoms with E-state index < -0.39 is 29.1 Å². The average Bonchev–Trinajstić information content (AvgIpc) is 2.55. The summed E-state index contributed by atoms with van der Waals surface area (Å²) in [6, 6.07) is 10.4. The van der Waals surface area contributed by atoms with E-state index in [0.29, 0.717) is 6.07 Å². The molecule has 1 N–H and O–H groups in total. The Morgan fingerprint density at radius 3 is 2.43 bits per heavy atom. The van der Waals surface area contributed by atoms with Crippen molar-refractivity contribution in [2.75, 3.05) is 12.4 Å². The summed E-state index contributed by atoms with van der Waals surface area (Å²) in [5, 5.41) is 2.25. The Kier molecular flexibility index (Phi) is 5.19. The molecule has 118 valence electrons. The molecule has 0 saturated heterocycles. The summed E-state index contributed by atoms with van der Waals surface area (Å²) in [5.74, 6) is -3.63. The van der Waals surface area contributed by atoms with Gasteiger partial charge >= 0.3 is 5.97 Å². The number of amides is 1. The SMILES string of the molecule is COC(=O)c1cc(NC(=O)/C=C/c2ccccc2)c(F)cc1F. The van der Waals surface area contributed by atoms with Crippen LogP contribution in [0.25, 0.3) is 6.08 Å². The van der Waals surface area contributed by atoms with Crippen LogP contribution in [-0.4, -0.2) is 19.0 Å². The van der Waals surface area contributed by atoms with Crippen LogP contribution < -0.4 is 5.32 Å². The molecule has 2 rings (SSSR count). The standard InChI is InChI=1S/C17H13F2NO3/c1-23-17(22)12-9-15(14(19)10-13(12)18)20-16(21)8-7-11-5-3-2-4-6-11/h2-10H,1H3,(H,20,21)/b8-7+. The van der Waals surface area contributed by atoms with E-state index in [0.717, 1.165) is 18.7 Å². The molecule has 0 spiro atoms. The van der Waals surface area contributed by atoms with E-state index in [1.165, 1.54) is 12.2 Å². The summed E-state index contributed by atoms with van der Waals surface area (Å²) in [6.45, 7) is 0. The lowest BCUT2D eigenvalue weighted by atomic mass is 10.1. The molecule has 0 saturated carbocycles. The van der Waals surface area contributed by atoms with Crippen molar-refractivity contribution in [2.45, 2.75) is 0 Å². The van der Waals surface area contributed by atoms with E-state index in [9.17, 15) is 18.4 Å². The van der Waals surface area contributed by atoms with Crippen LogP contribution in [0.5, 0.6) is 0 Å². The summed E-state index contributed by atoms with van der Waals surface area (Å²) in [7, 11) is 1.08. The van der Waals surface area contributed by atoms with Gasteiger partial charge in [-0.2, -0.15) is 0 Å². The van der Waals surface area contributed by atoms with E-state index in [1.54, 1.807) is 24.3 Å². The molecule has 6 heteroatoms. The number of rotatable bonds is 4. The number of hydrogen-bond acceptors (Lipinski definition) is 3. The molecule has 0 bridgehead atoms. The molecule has 2 aromatic carbocycles. The number of nitrogens with one attached hydrogen (secondary N) is 1. The van der Waals surface area contributed by atoms with Gasteiger partial charge in [-0.3, -0.25) is 4.79 Å². The molecular formula is C17H13F2NO3. The number of halogens is 2. The summed E-state index contributed by atoms with van der Waals surface area (Å²) in [4.78, 5) is 23.2. The van der Waals surface area contributed by atoms with Gasteiger partial charge in [-0.15, -0.1) is 0 Å². The van der Waals surface area contributed by atoms with Crippen LogP contribution in [0.1, 0.15) is 15.9 Å². The number of ether oxygens (including phenoxy) is 1. The molecule has 0 atom stereocenters. The van der Waals surface area contributed by atoms with Crippen molar-refractivity contribution in [3.05, 3.63) is 71.3 Å². The normalized spacial score (nSPS) is 10.6. The van der Waals surface area contributed by atoms with Crippen LogP contribution in [0, 0.1) is 11.6 Å². The van der Waals surface area contributed by atoms with Crippen molar-refractivity contribution in [3.63, 3.8) is 0 Å². The van der Waals surface area contributed by atoms with Gasteiger partial charge in [0.2, 0.25) is 5.91 Å². The van der Waals surface area contributed by atoms with E-state index in [1.807, 2.05) is 6.07 Å². The zero-order valence-electron chi connectivity index (χ0n) is 12.2. The molecule has 0 aliphatic heterocycles. The highest BCUT2D eigenvalue weighted by Gasteiger charge is 2.17. The quantitative estimate of drug-likeness (QED) is 0.694. The fourth-order valence-electron chi connectivity index (χ4n) is 1.82. The molecule has 0 fully saturated rings. The molecule has 0 heterocycles. The van der Waals surface area contributed by atoms with Gasteiger partial charge in [-0.1, -0.05) is 30.3 Å². The zero-order chi connectivity index (χ0) is 16.8. The van der Waals surface area contributed by atoms with Crippen molar-refractivity contribution in [1.29, 1.82) is 0 Å². The van der Waals surface area contributed by atoms with Gasteiger partial charge in [0, 0.05) is 12.1 Å². The first-order chi connectivity index (χ1) is 11.0. The summed E-state index contributed by atoms with van der Waals surface area (Å²) < 4.78 is 31.6. The maximum absolute atomic E-state index is 13.7. The molecule has 4 nitrogen and oxygen atoms in total. The Labute approximate surface area is 131 Å². The number of methoxy groups -OCH3 is 1. The molecule has 2 aromatic rings. The molecule has 0 radical (unpaired) electrons. The topological polar surface area (TPSA) is 55.4 Å². The summed E-state index contributed by atoms with van der Waals surface area (Å²) in [5.41, 5.74) is 0.0169. The lowest BCUT2D eigenvalue weighted by molar-refractivity contribution is -0.111. The third-order valence-corrected chi connectivity index (χ3v) is 2.95. The molecule has 0 aliphatic rings. The predicted molar refractivity (Wildman–Crippen MR) is 81.8 cm³/mol. The Morgan fingerprint density at radius 1 is 1.09 bits per heavy atom. The summed E-state index contributed by atoms with van der Waals surface area (Å²) >= 11 is 0. The minimum Gasteiger partial charge on any atom is -0.465 e. The van der Waals surface area contributed by atoms with Gasteiger partial charge < -0.3 is 10.1 Å². The largest absolute Gasteiger partial charge is 0.465 e. The van der Waals surface area contributed by atoms with Crippen LogP contribution >= 0.6 is 0 Å². The second-order valence-electron chi connectivity index (χ2n) is 4.54. The number of benzene rings is 2. The number of anilines is 1. The number of hydrogen-bond donors (Lipinski definition) is 1. The van der Waals surface area contributed by atoms with Gasteiger partial charge in [-0.25, -0.2) is 13.6 Å². The first-order valence-corrected chi connectivity index (χ1v) is 6.62. The van der Waals surface area contributed by atoms with Crippen molar-refractivity contribution in [2.24, 2.45) is 0 Å². The average molecular weight is 317 g/mol. The van der Waals surface area contributed by atoms with Crippen LogP contribution in [0.3, 0.4) is 0 Å². The van der Waals surface area contributed by atoms with Crippen LogP contribution in [0.2, 0.25) is 0 Å². The molecule has 0 aromatic heterocycles. The molecule has 0 aliphatic carbocycles. The molecule has 1 amide bonds. The minimum absolute atomic E-state index is 0.311. The Bertz CT molecular complexity index is 758. The molecule has 23 heavy (non-hydrogen) atoms. The third kappa shape index (κ3) is 4.23. The Morgan fingerprint density at radius 2 is 1.78 bits per heavy atom. The lowest BCUT2D eigenvalue weighted by Crippen LogP contribution is -2.12. The minimum atomic E-state index is -1.06. The van der Waals surface area contributed by atoms with E-state index in [-0.39, 0.29) is 5.69 Å². The first kappa shape index (κ1) is 16.4. The van der Waals surface area contributed by atoms with Crippen LogP contribution in [0.4, 0.5) is 14.5 Å². The van der Waals surface area contributed by atoms with Gasteiger partial charge in [0.1, 0.15) is 11.6 Å². The van der Waals surface area contributed by atoms with Gasteiger partial charge in [0.25, 0.3) is 0 Å². The van der Waals surface area contributed by atoms with Gasteiger partial charge in [0.15, 0.2) is 0 Å². The Balaban J connectivity index is 2.17. The Hall–Kier alpha value is -3.02. The number of esters is 1. The second-order valence-corrected chi connectivity index (χ2v) is 4.54. The lowest BCUT2D eigenvalue weighted by Gasteiger charge is -2.07. The highest BCUT2D eigenvalue weighted by Crippen LogP contribution is 2.20. The highest BCUT2D eigenvalue weighted by molar-refractivity contribution is 6.02. The molecule has 0 unspecified atom stereocenters. The van der Waals surface area contributed by atoms with Crippen LogP contribution in [-0.2, 0) is 9.53 Å². The maximum Gasteiger partial charge on any atom is 0.340 e. The van der Waals surface area contributed by atoms with Crippen LogP contribution in [0.15, 0.2) is 48.5 Å². The maximum atomic E-state index is 13.7. The highest BCUT2D eigenvalue weighted by atomic mass is 19.1. The molecular weight excluding hydrogens is 304 g/mol. The smallest absolute Gasteiger partial charge is 0.340 e. The van der Waals surface area contributed by atoms with E-state index in [4.69, 9.17) is 0 Å². The number of carbonyl (C=O) groups excluding carboxylic acids is 2. The fraction of sp³-hybridized carbons (Fsp3) is 0.0588. The fourth-order valence-corrected chi connectivity index (χ4v) is 1.82. The third-order valence-electron chi connectivity index (χ3n) is 2.95. The van der Waals surface area contributed by atoms with Crippen molar-refractivity contribution in [3.8, 4) is 0 Å². The van der Waals surface area contributed by atoms with Gasteiger partial charge in [0.05, 0.1) is 18.4 Å². The van der Waals surface area contributed by atoms with Crippen molar-refractivity contribution < 1.29 is 23.1 Å². The van der Waals surface area contributed by atoms with Gasteiger partial charge in [-0.05, 0) is 17.7 Å². The van der Waals surface area contributed by atoms with Crippen molar-refractivity contribution in [1.82, 2.24) is 0 Å². The number of carbonyl (C=O) groups is 2. The monoisotopic (exact) mass is 317 g/mol. The van der Waals surface area contributed by atoms with E-state index >= 15 is 0 Å². The van der Waals surface area contributed by atoms with Crippen molar-refractivity contribution >= 4 is 23.6 Å².